The van der Waals surface area contributed by atoms with Crippen LogP contribution in [0, 0.1) is 0 Å². The molecule has 0 aliphatic carbocycles. The van der Waals surface area contributed by atoms with Crippen LogP contribution in [0.15, 0.2) is 36.8 Å². The van der Waals surface area contributed by atoms with E-state index in [9.17, 15) is 0 Å². The molecule has 0 aliphatic rings. The Kier molecular flexibility index (Phi) is 5.32. The summed E-state index contributed by atoms with van der Waals surface area (Å²) in [5.74, 6) is 0.786. The maximum atomic E-state index is 6.12. The minimum absolute atomic E-state index is 0.0858. The highest BCUT2D eigenvalue weighted by atomic mass is 35.5. The summed E-state index contributed by atoms with van der Waals surface area (Å²) in [5, 5.41) is 4.14. The van der Waals surface area contributed by atoms with Crippen molar-refractivity contribution in [2.45, 2.75) is 19.4 Å². The van der Waals surface area contributed by atoms with Gasteiger partial charge in [-0.25, -0.2) is 0 Å². The molecule has 1 heterocycles. The zero-order chi connectivity index (χ0) is 14.4. The van der Waals surface area contributed by atoms with Crippen molar-refractivity contribution in [3.63, 3.8) is 0 Å². The van der Waals surface area contributed by atoms with Gasteiger partial charge in [-0.05, 0) is 31.2 Å². The molecule has 1 aromatic heterocycles. The van der Waals surface area contributed by atoms with Crippen molar-refractivity contribution in [3.05, 3.63) is 53.1 Å². The Morgan fingerprint density at radius 3 is 2.85 bits per heavy atom. The highest BCUT2D eigenvalue weighted by molar-refractivity contribution is 6.30. The van der Waals surface area contributed by atoms with Crippen LogP contribution in [-0.2, 0) is 0 Å². The predicted octanol–water partition coefficient (Wildman–Crippen LogP) is 3.23. The Morgan fingerprint density at radius 1 is 1.35 bits per heavy atom. The van der Waals surface area contributed by atoms with Crippen LogP contribution in [-0.4, -0.2) is 23.6 Å². The van der Waals surface area contributed by atoms with Crippen LogP contribution in [0.2, 0.25) is 5.02 Å². The minimum Gasteiger partial charge on any atom is -0.496 e. The second-order valence-corrected chi connectivity index (χ2v) is 4.84. The zero-order valence-corrected chi connectivity index (χ0v) is 12.4. The van der Waals surface area contributed by atoms with Gasteiger partial charge in [-0.1, -0.05) is 18.5 Å². The van der Waals surface area contributed by atoms with E-state index in [1.807, 2.05) is 18.2 Å². The molecule has 0 bridgehead atoms. The van der Waals surface area contributed by atoms with Crippen LogP contribution in [0.25, 0.3) is 0 Å². The summed E-state index contributed by atoms with van der Waals surface area (Å²) >= 11 is 6.12. The fraction of sp³-hybridized carbons (Fsp3) is 0.333. The molecule has 0 fully saturated rings. The van der Waals surface area contributed by atoms with Gasteiger partial charge >= 0.3 is 0 Å². The normalized spacial score (nSPS) is 12.2. The molecule has 0 aliphatic heterocycles. The lowest BCUT2D eigenvalue weighted by molar-refractivity contribution is 0.403. The van der Waals surface area contributed by atoms with Crippen LogP contribution in [0.3, 0.4) is 0 Å². The summed E-state index contributed by atoms with van der Waals surface area (Å²) in [6.07, 6.45) is 6.13. The largest absolute Gasteiger partial charge is 0.496 e. The van der Waals surface area contributed by atoms with E-state index >= 15 is 0 Å². The van der Waals surface area contributed by atoms with Gasteiger partial charge in [-0.3, -0.25) is 9.97 Å². The van der Waals surface area contributed by atoms with E-state index in [2.05, 4.69) is 22.2 Å². The number of aromatic nitrogens is 2. The minimum atomic E-state index is -0.0858. The first-order valence-electron chi connectivity index (χ1n) is 6.59. The van der Waals surface area contributed by atoms with Gasteiger partial charge in [0.05, 0.1) is 25.0 Å². The van der Waals surface area contributed by atoms with Crippen molar-refractivity contribution in [1.29, 1.82) is 0 Å². The summed E-state index contributed by atoms with van der Waals surface area (Å²) in [7, 11) is 1.65. The molecule has 106 valence electrons. The third-order valence-corrected chi connectivity index (χ3v) is 3.22. The molecule has 20 heavy (non-hydrogen) atoms. The molecule has 4 nitrogen and oxygen atoms in total. The van der Waals surface area contributed by atoms with Crippen molar-refractivity contribution in [2.75, 3.05) is 13.7 Å². The molecule has 1 aromatic carbocycles. The number of nitrogens with one attached hydrogen (secondary N) is 1. The lowest BCUT2D eigenvalue weighted by Crippen LogP contribution is -2.24. The Bertz CT molecular complexity index is 548. The summed E-state index contributed by atoms with van der Waals surface area (Å²) in [6, 6.07) is 5.51. The maximum Gasteiger partial charge on any atom is 0.124 e. The average molecular weight is 292 g/mol. The molecule has 1 unspecified atom stereocenters. The van der Waals surface area contributed by atoms with Gasteiger partial charge in [0.15, 0.2) is 0 Å². The van der Waals surface area contributed by atoms with E-state index in [1.165, 1.54) is 0 Å². The standard InChI is InChI=1S/C15H18ClN3O/c1-3-6-19-15(13-10-17-7-8-18-13)12-9-11(16)4-5-14(12)20-2/h4-5,7-10,15,19H,3,6H2,1-2H3. The first-order chi connectivity index (χ1) is 9.76. The summed E-state index contributed by atoms with van der Waals surface area (Å²) in [4.78, 5) is 8.53. The number of rotatable bonds is 6. The molecule has 2 aromatic rings. The average Bonchev–Trinajstić information content (AvgIpc) is 2.49. The Balaban J connectivity index is 2.43. The molecular weight excluding hydrogens is 274 g/mol. The van der Waals surface area contributed by atoms with E-state index in [4.69, 9.17) is 16.3 Å². The van der Waals surface area contributed by atoms with Crippen molar-refractivity contribution in [3.8, 4) is 5.75 Å². The first kappa shape index (κ1) is 14.8. The van der Waals surface area contributed by atoms with E-state index in [-0.39, 0.29) is 6.04 Å². The molecule has 0 saturated heterocycles. The highest BCUT2D eigenvalue weighted by Crippen LogP contribution is 2.31. The fourth-order valence-corrected chi connectivity index (χ4v) is 2.23. The SMILES string of the molecule is CCCNC(c1cnccn1)c1cc(Cl)ccc1OC. The van der Waals surface area contributed by atoms with Crippen molar-refractivity contribution in [1.82, 2.24) is 15.3 Å². The smallest absolute Gasteiger partial charge is 0.124 e. The number of ether oxygens (including phenoxy) is 1. The van der Waals surface area contributed by atoms with Gasteiger partial charge in [-0.2, -0.15) is 0 Å². The Labute approximate surface area is 124 Å². The van der Waals surface area contributed by atoms with Crippen LogP contribution < -0.4 is 10.1 Å². The van der Waals surface area contributed by atoms with Gasteiger partial charge in [0.2, 0.25) is 0 Å². The molecule has 1 N–H and O–H groups in total. The number of hydrogen-bond acceptors (Lipinski definition) is 4. The molecular formula is C15H18ClN3O. The molecule has 0 radical (unpaired) electrons. The zero-order valence-electron chi connectivity index (χ0n) is 11.6. The lowest BCUT2D eigenvalue weighted by atomic mass is 10.0. The quantitative estimate of drug-likeness (QED) is 0.888. The topological polar surface area (TPSA) is 47.0 Å². The lowest BCUT2D eigenvalue weighted by Gasteiger charge is -2.20. The van der Waals surface area contributed by atoms with Gasteiger partial charge in [0, 0.05) is 23.0 Å². The van der Waals surface area contributed by atoms with Gasteiger partial charge in [0.1, 0.15) is 5.75 Å². The second-order valence-electron chi connectivity index (χ2n) is 4.40. The molecule has 0 spiro atoms. The monoisotopic (exact) mass is 291 g/mol. The van der Waals surface area contributed by atoms with Gasteiger partial charge in [0.25, 0.3) is 0 Å². The van der Waals surface area contributed by atoms with Gasteiger partial charge < -0.3 is 10.1 Å². The molecule has 1 atom stereocenters. The van der Waals surface area contributed by atoms with E-state index < -0.39 is 0 Å². The van der Waals surface area contributed by atoms with Crippen molar-refractivity contribution in [2.24, 2.45) is 0 Å². The Morgan fingerprint density at radius 2 is 2.20 bits per heavy atom. The predicted molar refractivity (Wildman–Crippen MR) is 80.2 cm³/mol. The third-order valence-electron chi connectivity index (χ3n) is 2.98. The maximum absolute atomic E-state index is 6.12. The summed E-state index contributed by atoms with van der Waals surface area (Å²) in [6.45, 7) is 2.99. The van der Waals surface area contributed by atoms with Crippen LogP contribution >= 0.6 is 11.6 Å². The summed E-state index contributed by atoms with van der Waals surface area (Å²) < 4.78 is 5.44. The highest BCUT2D eigenvalue weighted by Gasteiger charge is 2.19. The molecule has 0 amide bonds. The van der Waals surface area contributed by atoms with Gasteiger partial charge in [-0.15, -0.1) is 0 Å². The number of benzene rings is 1. The van der Waals surface area contributed by atoms with Crippen molar-refractivity contribution >= 4 is 11.6 Å². The van der Waals surface area contributed by atoms with Crippen molar-refractivity contribution < 1.29 is 4.74 Å². The molecule has 2 rings (SSSR count). The van der Waals surface area contributed by atoms with Crippen LogP contribution in [0.5, 0.6) is 5.75 Å². The van der Waals surface area contributed by atoms with Crippen LogP contribution in [0.4, 0.5) is 0 Å². The van der Waals surface area contributed by atoms with E-state index in [1.54, 1.807) is 25.7 Å². The third kappa shape index (κ3) is 3.46. The Hall–Kier alpha value is -1.65. The number of nitrogens with zero attached hydrogens (tertiary/aromatic N) is 2. The molecule has 5 heteroatoms. The second kappa shape index (κ2) is 7.22. The number of methoxy groups -OCH3 is 1. The van der Waals surface area contributed by atoms with Crippen LogP contribution in [0.1, 0.15) is 30.6 Å². The number of halogens is 1. The summed E-state index contributed by atoms with van der Waals surface area (Å²) in [5.41, 5.74) is 1.82. The number of hydrogen-bond donors (Lipinski definition) is 1. The molecule has 0 saturated carbocycles. The first-order valence-corrected chi connectivity index (χ1v) is 6.96. The fourth-order valence-electron chi connectivity index (χ4n) is 2.05. The van der Waals surface area contributed by atoms with E-state index in [0.717, 1.165) is 30.0 Å². The van der Waals surface area contributed by atoms with E-state index in [0.29, 0.717) is 5.02 Å².